The van der Waals surface area contributed by atoms with E-state index in [1.165, 1.54) is 12.3 Å². The lowest BCUT2D eigenvalue weighted by molar-refractivity contribution is 0.597. The fraction of sp³-hybridized carbons (Fsp3) is 0.0455. The van der Waals surface area contributed by atoms with Crippen molar-refractivity contribution in [2.75, 3.05) is 0 Å². The van der Waals surface area contributed by atoms with Crippen molar-refractivity contribution in [3.8, 4) is 11.3 Å². The molecule has 0 amide bonds. The topological polar surface area (TPSA) is 103 Å². The van der Waals surface area contributed by atoms with Crippen molar-refractivity contribution in [3.05, 3.63) is 96.4 Å². The van der Waals surface area contributed by atoms with Gasteiger partial charge in [-0.1, -0.05) is 60.7 Å². The average molecular weight is 417 g/mol. The molecule has 8 heteroatoms. The molecule has 0 fully saturated rings. The summed E-state index contributed by atoms with van der Waals surface area (Å²) in [6.07, 6.45) is 4.75. The molecule has 2 N–H and O–H groups in total. The zero-order chi connectivity index (χ0) is 21.1. The maximum Gasteiger partial charge on any atom is 0.240 e. The van der Waals surface area contributed by atoms with Crippen LogP contribution in [0.1, 0.15) is 11.1 Å². The molecular weight excluding hydrogens is 398 g/mol. The van der Waals surface area contributed by atoms with Crippen LogP contribution >= 0.6 is 0 Å². The van der Waals surface area contributed by atoms with Crippen LogP contribution in [0.15, 0.2) is 95.2 Å². The van der Waals surface area contributed by atoms with E-state index in [-0.39, 0.29) is 10.6 Å². The summed E-state index contributed by atoms with van der Waals surface area (Å²) in [4.78, 5) is 8.98. The highest BCUT2D eigenvalue weighted by molar-refractivity contribution is 7.89. The van der Waals surface area contributed by atoms with Crippen molar-refractivity contribution >= 4 is 21.4 Å². The molecule has 4 aromatic rings. The number of aromatic nitrogens is 3. The molecule has 2 aromatic carbocycles. The third-order valence-electron chi connectivity index (χ3n) is 4.46. The van der Waals surface area contributed by atoms with E-state index in [1.807, 2.05) is 60.7 Å². The van der Waals surface area contributed by atoms with Gasteiger partial charge in [0.15, 0.2) is 0 Å². The molecule has 0 atom stereocenters. The maximum atomic E-state index is 12.3. The fourth-order valence-electron chi connectivity index (χ4n) is 3.09. The van der Waals surface area contributed by atoms with Crippen molar-refractivity contribution in [1.82, 2.24) is 14.8 Å². The zero-order valence-electron chi connectivity index (χ0n) is 16.2. The van der Waals surface area contributed by atoms with Gasteiger partial charge in [0.05, 0.1) is 29.5 Å². The van der Waals surface area contributed by atoms with E-state index in [1.54, 1.807) is 24.1 Å². The van der Waals surface area contributed by atoms with Gasteiger partial charge in [0.1, 0.15) is 4.90 Å². The van der Waals surface area contributed by atoms with Gasteiger partial charge < -0.3 is 0 Å². The minimum Gasteiger partial charge on any atom is -0.275 e. The predicted octanol–water partition coefficient (Wildman–Crippen LogP) is 3.30. The predicted molar refractivity (Wildman–Crippen MR) is 116 cm³/mol. The van der Waals surface area contributed by atoms with E-state index >= 15 is 0 Å². The van der Waals surface area contributed by atoms with Gasteiger partial charge in [-0.25, -0.2) is 18.5 Å². The standard InChI is InChI=1S/C22H19N5O2S/c1-27-15-18(13-25-27)22-20(30(23,28)29)12-19(14-24-22)26-21(16-8-4-2-5-9-16)17-10-6-3-7-11-17/h2-15H,1H3,(H2,23,28,29). The Kier molecular flexibility index (Phi) is 5.26. The smallest absolute Gasteiger partial charge is 0.240 e. The van der Waals surface area contributed by atoms with E-state index in [0.29, 0.717) is 17.0 Å². The van der Waals surface area contributed by atoms with E-state index < -0.39 is 10.0 Å². The molecule has 30 heavy (non-hydrogen) atoms. The van der Waals surface area contributed by atoms with Gasteiger partial charge in [-0.2, -0.15) is 5.10 Å². The molecular formula is C22H19N5O2S. The monoisotopic (exact) mass is 417 g/mol. The number of benzene rings is 2. The Hall–Kier alpha value is -3.62. The number of aliphatic imine (C=N–C) groups is 1. The highest BCUT2D eigenvalue weighted by atomic mass is 32.2. The van der Waals surface area contributed by atoms with Crippen LogP contribution in [-0.2, 0) is 17.1 Å². The molecule has 0 saturated carbocycles. The molecule has 0 aliphatic rings. The second kappa shape index (κ2) is 8.02. The molecule has 4 rings (SSSR count). The van der Waals surface area contributed by atoms with E-state index in [9.17, 15) is 8.42 Å². The Morgan fingerprint density at radius 3 is 2.07 bits per heavy atom. The van der Waals surface area contributed by atoms with E-state index in [0.717, 1.165) is 11.1 Å². The lowest BCUT2D eigenvalue weighted by Crippen LogP contribution is -2.14. The molecule has 0 bridgehead atoms. The van der Waals surface area contributed by atoms with Gasteiger partial charge in [0.2, 0.25) is 10.0 Å². The van der Waals surface area contributed by atoms with Crippen molar-refractivity contribution in [3.63, 3.8) is 0 Å². The van der Waals surface area contributed by atoms with Crippen LogP contribution in [0.3, 0.4) is 0 Å². The lowest BCUT2D eigenvalue weighted by Gasteiger charge is -2.10. The molecule has 150 valence electrons. The van der Waals surface area contributed by atoms with Gasteiger partial charge in [-0.05, 0) is 6.07 Å². The Balaban J connectivity index is 1.89. The number of hydrogen-bond acceptors (Lipinski definition) is 5. The first-order chi connectivity index (χ1) is 14.4. The first-order valence-electron chi connectivity index (χ1n) is 9.13. The third-order valence-corrected chi connectivity index (χ3v) is 5.38. The normalized spacial score (nSPS) is 11.3. The van der Waals surface area contributed by atoms with Crippen LogP contribution in [0.5, 0.6) is 0 Å². The number of hydrogen-bond donors (Lipinski definition) is 1. The first-order valence-corrected chi connectivity index (χ1v) is 10.7. The Bertz CT molecular complexity index is 1270. The van der Waals surface area contributed by atoms with Gasteiger partial charge in [0, 0.05) is 29.9 Å². The molecule has 2 aromatic heterocycles. The molecule has 0 saturated heterocycles. The van der Waals surface area contributed by atoms with Crippen molar-refractivity contribution in [2.45, 2.75) is 4.90 Å². The van der Waals surface area contributed by atoms with Crippen LogP contribution in [0.25, 0.3) is 11.3 Å². The molecule has 0 aliphatic carbocycles. The Morgan fingerprint density at radius 2 is 1.57 bits per heavy atom. The quantitative estimate of drug-likeness (QED) is 0.503. The number of primary sulfonamides is 1. The van der Waals surface area contributed by atoms with Crippen LogP contribution < -0.4 is 5.14 Å². The summed E-state index contributed by atoms with van der Waals surface area (Å²) in [5.41, 5.74) is 3.69. The summed E-state index contributed by atoms with van der Waals surface area (Å²) < 4.78 is 26.1. The van der Waals surface area contributed by atoms with Crippen LogP contribution in [0.4, 0.5) is 5.69 Å². The number of nitrogens with two attached hydrogens (primary N) is 1. The molecule has 0 radical (unpaired) electrons. The Morgan fingerprint density at radius 1 is 0.967 bits per heavy atom. The number of sulfonamides is 1. The summed E-state index contributed by atoms with van der Waals surface area (Å²) >= 11 is 0. The van der Waals surface area contributed by atoms with E-state index in [2.05, 4.69) is 10.1 Å². The Labute approximate surface area is 174 Å². The summed E-state index contributed by atoms with van der Waals surface area (Å²) in [5.74, 6) is 0. The lowest BCUT2D eigenvalue weighted by atomic mass is 10.0. The zero-order valence-corrected chi connectivity index (χ0v) is 17.0. The van der Waals surface area contributed by atoms with Crippen LogP contribution in [0, 0.1) is 0 Å². The molecule has 0 unspecified atom stereocenters. The second-order valence-electron chi connectivity index (χ2n) is 6.68. The maximum absolute atomic E-state index is 12.3. The van der Waals surface area contributed by atoms with Gasteiger partial charge in [-0.3, -0.25) is 9.67 Å². The SMILES string of the molecule is Cn1cc(-c2ncc(N=C(c3ccccc3)c3ccccc3)cc2S(N)(=O)=O)cn1. The molecule has 7 nitrogen and oxygen atoms in total. The minimum atomic E-state index is -4.03. The number of pyridine rings is 1. The van der Waals surface area contributed by atoms with Crippen molar-refractivity contribution in [2.24, 2.45) is 17.2 Å². The van der Waals surface area contributed by atoms with E-state index in [4.69, 9.17) is 10.1 Å². The van der Waals surface area contributed by atoms with Crippen LogP contribution in [0.2, 0.25) is 0 Å². The van der Waals surface area contributed by atoms with Crippen molar-refractivity contribution < 1.29 is 8.42 Å². The molecule has 0 aliphatic heterocycles. The third kappa shape index (κ3) is 4.19. The summed E-state index contributed by atoms with van der Waals surface area (Å²) in [7, 11) is -2.29. The highest BCUT2D eigenvalue weighted by Gasteiger charge is 2.19. The fourth-order valence-corrected chi connectivity index (χ4v) is 3.81. The van der Waals surface area contributed by atoms with Gasteiger partial charge >= 0.3 is 0 Å². The number of nitrogens with zero attached hydrogens (tertiary/aromatic N) is 4. The second-order valence-corrected chi connectivity index (χ2v) is 8.21. The summed E-state index contributed by atoms with van der Waals surface area (Å²) in [5, 5.41) is 9.56. The first kappa shape index (κ1) is 19.7. The van der Waals surface area contributed by atoms with Gasteiger partial charge in [0.25, 0.3) is 0 Å². The minimum absolute atomic E-state index is 0.0998. The highest BCUT2D eigenvalue weighted by Crippen LogP contribution is 2.28. The van der Waals surface area contributed by atoms with Gasteiger partial charge in [-0.15, -0.1) is 0 Å². The average Bonchev–Trinajstić information content (AvgIpc) is 3.19. The number of rotatable bonds is 5. The van der Waals surface area contributed by atoms with Crippen molar-refractivity contribution in [1.29, 1.82) is 0 Å². The number of aryl methyl sites for hydroxylation is 1. The summed E-state index contributed by atoms with van der Waals surface area (Å²) in [6, 6.07) is 20.8. The van der Waals surface area contributed by atoms with Crippen LogP contribution in [-0.4, -0.2) is 28.9 Å². The summed E-state index contributed by atoms with van der Waals surface area (Å²) in [6.45, 7) is 0. The molecule has 0 spiro atoms. The molecule has 2 heterocycles. The largest absolute Gasteiger partial charge is 0.275 e.